The molecular formula is C5H4N6OS. The van der Waals surface area contributed by atoms with E-state index in [2.05, 4.69) is 30.9 Å². The first-order chi connectivity index (χ1) is 6.36. The van der Waals surface area contributed by atoms with E-state index in [1.807, 2.05) is 0 Å². The molecule has 2 N–H and O–H groups in total. The van der Waals surface area contributed by atoms with Crippen molar-refractivity contribution in [2.75, 3.05) is 5.32 Å². The van der Waals surface area contributed by atoms with Gasteiger partial charge in [-0.05, 0) is 10.4 Å². The first kappa shape index (κ1) is 7.80. The van der Waals surface area contributed by atoms with Crippen molar-refractivity contribution < 1.29 is 4.79 Å². The van der Waals surface area contributed by atoms with Gasteiger partial charge in [-0.15, -0.1) is 16.4 Å². The van der Waals surface area contributed by atoms with Gasteiger partial charge >= 0.3 is 0 Å². The summed E-state index contributed by atoms with van der Waals surface area (Å²) in [7, 11) is 0. The molecule has 0 atom stereocenters. The SMILES string of the molecule is O=C(Nc1nccs1)c1nnn[nH]1. The van der Waals surface area contributed by atoms with Crippen molar-refractivity contribution in [3.8, 4) is 0 Å². The van der Waals surface area contributed by atoms with Crippen LogP contribution < -0.4 is 5.32 Å². The lowest BCUT2D eigenvalue weighted by atomic mass is 10.6. The number of aromatic nitrogens is 5. The van der Waals surface area contributed by atoms with Crippen molar-refractivity contribution in [3.05, 3.63) is 17.4 Å². The molecule has 7 nitrogen and oxygen atoms in total. The predicted octanol–water partition coefficient (Wildman–Crippen LogP) is -0.0915. The van der Waals surface area contributed by atoms with Crippen LogP contribution in [0, 0.1) is 0 Å². The van der Waals surface area contributed by atoms with Crippen LogP contribution in [0.2, 0.25) is 0 Å². The van der Waals surface area contributed by atoms with E-state index in [0.29, 0.717) is 5.13 Å². The van der Waals surface area contributed by atoms with Gasteiger partial charge in [0.15, 0.2) is 5.13 Å². The molecule has 0 saturated carbocycles. The van der Waals surface area contributed by atoms with E-state index in [4.69, 9.17) is 0 Å². The summed E-state index contributed by atoms with van der Waals surface area (Å²) in [5.41, 5.74) is 0. The Balaban J connectivity index is 2.08. The third-order valence-electron chi connectivity index (χ3n) is 1.21. The second kappa shape index (κ2) is 3.27. The summed E-state index contributed by atoms with van der Waals surface area (Å²) in [5.74, 6) is -0.338. The van der Waals surface area contributed by atoms with Crippen molar-refractivity contribution in [1.82, 2.24) is 25.6 Å². The first-order valence-corrected chi connectivity index (χ1v) is 4.19. The highest BCUT2D eigenvalue weighted by Gasteiger charge is 2.10. The summed E-state index contributed by atoms with van der Waals surface area (Å²) in [6.45, 7) is 0. The quantitative estimate of drug-likeness (QED) is 0.699. The number of amides is 1. The lowest BCUT2D eigenvalue weighted by Gasteiger charge is -1.94. The molecule has 0 bridgehead atoms. The highest BCUT2D eigenvalue weighted by molar-refractivity contribution is 7.13. The summed E-state index contributed by atoms with van der Waals surface area (Å²) in [5, 5.41) is 17.1. The number of carbonyl (C=O) groups is 1. The molecule has 2 rings (SSSR count). The maximum atomic E-state index is 11.3. The number of thiazole rings is 1. The van der Waals surface area contributed by atoms with Gasteiger partial charge in [0, 0.05) is 11.6 Å². The monoisotopic (exact) mass is 196 g/mol. The summed E-state index contributed by atoms with van der Waals surface area (Å²) < 4.78 is 0. The molecule has 2 aromatic heterocycles. The van der Waals surface area contributed by atoms with Gasteiger partial charge in [-0.2, -0.15) is 0 Å². The van der Waals surface area contributed by atoms with Gasteiger partial charge in [0.1, 0.15) is 0 Å². The Hall–Kier alpha value is -1.83. The second-order valence-corrected chi connectivity index (χ2v) is 2.94. The molecular weight excluding hydrogens is 192 g/mol. The second-order valence-electron chi connectivity index (χ2n) is 2.04. The molecule has 0 aliphatic heterocycles. The predicted molar refractivity (Wildman–Crippen MR) is 44.2 cm³/mol. The zero-order chi connectivity index (χ0) is 9.10. The van der Waals surface area contributed by atoms with Crippen molar-refractivity contribution in [2.24, 2.45) is 0 Å². The van der Waals surface area contributed by atoms with Gasteiger partial charge in [-0.3, -0.25) is 10.1 Å². The van der Waals surface area contributed by atoms with Gasteiger partial charge in [0.2, 0.25) is 5.82 Å². The van der Waals surface area contributed by atoms with Crippen LogP contribution in [-0.4, -0.2) is 31.5 Å². The Morgan fingerprint density at radius 1 is 1.62 bits per heavy atom. The summed E-state index contributed by atoms with van der Waals surface area (Å²) in [6, 6.07) is 0. The molecule has 0 aromatic carbocycles. The fourth-order valence-electron chi connectivity index (χ4n) is 0.697. The normalized spacial score (nSPS) is 9.85. The van der Waals surface area contributed by atoms with Crippen LogP contribution in [0.4, 0.5) is 5.13 Å². The first-order valence-electron chi connectivity index (χ1n) is 3.31. The van der Waals surface area contributed by atoms with Crippen LogP contribution in [0.1, 0.15) is 10.6 Å². The number of hydrogen-bond donors (Lipinski definition) is 2. The fraction of sp³-hybridized carbons (Fsp3) is 0. The summed E-state index contributed by atoms with van der Waals surface area (Å²) in [6.07, 6.45) is 1.60. The third kappa shape index (κ3) is 1.67. The number of anilines is 1. The molecule has 2 aromatic rings. The molecule has 2 heterocycles. The Morgan fingerprint density at radius 2 is 2.54 bits per heavy atom. The van der Waals surface area contributed by atoms with Crippen molar-refractivity contribution in [1.29, 1.82) is 0 Å². The number of carbonyl (C=O) groups excluding carboxylic acids is 1. The average molecular weight is 196 g/mol. The van der Waals surface area contributed by atoms with Crippen LogP contribution in [0.15, 0.2) is 11.6 Å². The van der Waals surface area contributed by atoms with E-state index in [0.717, 1.165) is 0 Å². The van der Waals surface area contributed by atoms with Gasteiger partial charge in [0.25, 0.3) is 5.91 Å². The van der Waals surface area contributed by atoms with Gasteiger partial charge in [-0.25, -0.2) is 10.1 Å². The molecule has 0 spiro atoms. The number of H-pyrrole nitrogens is 1. The maximum Gasteiger partial charge on any atom is 0.296 e. The van der Waals surface area contributed by atoms with E-state index in [-0.39, 0.29) is 5.82 Å². The van der Waals surface area contributed by atoms with Crippen LogP contribution in [0.3, 0.4) is 0 Å². The summed E-state index contributed by atoms with van der Waals surface area (Å²) in [4.78, 5) is 15.1. The lowest BCUT2D eigenvalue weighted by Crippen LogP contribution is -2.13. The number of aromatic amines is 1. The highest BCUT2D eigenvalue weighted by Crippen LogP contribution is 2.10. The van der Waals surface area contributed by atoms with Crippen LogP contribution in [0.5, 0.6) is 0 Å². The largest absolute Gasteiger partial charge is 0.296 e. The number of hydrogen-bond acceptors (Lipinski definition) is 6. The highest BCUT2D eigenvalue weighted by atomic mass is 32.1. The zero-order valence-electron chi connectivity index (χ0n) is 6.26. The van der Waals surface area contributed by atoms with Gasteiger partial charge < -0.3 is 0 Å². The number of rotatable bonds is 2. The molecule has 0 radical (unpaired) electrons. The number of tetrazole rings is 1. The average Bonchev–Trinajstić information content (AvgIpc) is 2.74. The fourth-order valence-corrected chi connectivity index (χ4v) is 1.22. The molecule has 0 unspecified atom stereocenters. The Morgan fingerprint density at radius 3 is 3.15 bits per heavy atom. The molecule has 1 amide bonds. The Bertz CT molecular complexity index is 381. The van der Waals surface area contributed by atoms with Crippen LogP contribution in [0.25, 0.3) is 0 Å². The van der Waals surface area contributed by atoms with Gasteiger partial charge in [0.05, 0.1) is 0 Å². The molecule has 8 heteroatoms. The van der Waals surface area contributed by atoms with Crippen molar-refractivity contribution in [3.63, 3.8) is 0 Å². The Kier molecular flexibility index (Phi) is 1.96. The molecule has 0 fully saturated rings. The number of nitrogens with one attached hydrogen (secondary N) is 2. The maximum absolute atomic E-state index is 11.3. The Labute approximate surface area is 76.2 Å². The minimum Gasteiger partial charge on any atom is -0.295 e. The van der Waals surface area contributed by atoms with Crippen molar-refractivity contribution >= 4 is 22.4 Å². The summed E-state index contributed by atoms with van der Waals surface area (Å²) >= 11 is 1.32. The minimum absolute atomic E-state index is 0.0650. The van der Waals surface area contributed by atoms with Crippen LogP contribution in [-0.2, 0) is 0 Å². The van der Waals surface area contributed by atoms with Crippen molar-refractivity contribution in [2.45, 2.75) is 0 Å². The van der Waals surface area contributed by atoms with E-state index < -0.39 is 5.91 Å². The number of nitrogens with zero attached hydrogens (tertiary/aromatic N) is 4. The van der Waals surface area contributed by atoms with E-state index in [1.165, 1.54) is 11.3 Å². The van der Waals surface area contributed by atoms with E-state index >= 15 is 0 Å². The molecule has 66 valence electrons. The molecule has 0 aliphatic carbocycles. The standard InChI is InChI=1S/C5H4N6OS/c12-4(3-8-10-11-9-3)7-5-6-1-2-13-5/h1-2H,(H,6,7,12)(H,8,9,10,11). The molecule has 0 saturated heterocycles. The smallest absolute Gasteiger partial charge is 0.295 e. The minimum atomic E-state index is -0.403. The van der Waals surface area contributed by atoms with E-state index in [9.17, 15) is 4.79 Å². The topological polar surface area (TPSA) is 96.5 Å². The van der Waals surface area contributed by atoms with E-state index in [1.54, 1.807) is 11.6 Å². The molecule has 0 aliphatic rings. The third-order valence-corrected chi connectivity index (χ3v) is 1.90. The lowest BCUT2D eigenvalue weighted by molar-refractivity contribution is 0.101. The zero-order valence-corrected chi connectivity index (χ0v) is 7.08. The molecule has 13 heavy (non-hydrogen) atoms. The van der Waals surface area contributed by atoms with Gasteiger partial charge in [-0.1, -0.05) is 0 Å². The van der Waals surface area contributed by atoms with Crippen LogP contribution >= 0.6 is 11.3 Å².